The highest BCUT2D eigenvalue weighted by Crippen LogP contribution is 2.26. The molecule has 0 heterocycles. The molecule has 0 radical (unpaired) electrons. The molecule has 0 fully saturated rings. The van der Waals surface area contributed by atoms with Crippen LogP contribution in [0.3, 0.4) is 0 Å². The number of ether oxygens (including phenoxy) is 1. The molecule has 1 atom stereocenters. The van der Waals surface area contributed by atoms with E-state index < -0.39 is 11.6 Å². The monoisotopic (exact) mass is 333 g/mol. The SMILES string of the molecule is CCC(NC(=O)CCc1ccc(F)c(F)c1)c1ccccc1OC. The van der Waals surface area contributed by atoms with Crippen LogP contribution >= 0.6 is 0 Å². The maximum absolute atomic E-state index is 13.2. The molecule has 0 saturated heterocycles. The number of carbonyl (C=O) groups excluding carboxylic acids is 1. The number of methoxy groups -OCH3 is 1. The van der Waals surface area contributed by atoms with Gasteiger partial charge in [0.15, 0.2) is 11.6 Å². The van der Waals surface area contributed by atoms with E-state index in [2.05, 4.69) is 5.32 Å². The average Bonchev–Trinajstić information content (AvgIpc) is 2.60. The number of nitrogens with one attached hydrogen (secondary N) is 1. The fourth-order valence-electron chi connectivity index (χ4n) is 2.57. The first kappa shape index (κ1) is 17.9. The number of aryl methyl sites for hydroxylation is 1. The first-order valence-corrected chi connectivity index (χ1v) is 7.91. The lowest BCUT2D eigenvalue weighted by Crippen LogP contribution is -2.28. The second-order valence-corrected chi connectivity index (χ2v) is 5.52. The van der Waals surface area contributed by atoms with E-state index in [4.69, 9.17) is 4.74 Å². The zero-order valence-electron chi connectivity index (χ0n) is 13.8. The van der Waals surface area contributed by atoms with Crippen molar-refractivity contribution in [3.05, 3.63) is 65.2 Å². The Hall–Kier alpha value is -2.43. The van der Waals surface area contributed by atoms with Gasteiger partial charge in [-0.15, -0.1) is 0 Å². The van der Waals surface area contributed by atoms with E-state index in [1.807, 2.05) is 31.2 Å². The number of halogens is 2. The van der Waals surface area contributed by atoms with Crippen molar-refractivity contribution >= 4 is 5.91 Å². The highest BCUT2D eigenvalue weighted by atomic mass is 19.2. The molecule has 3 nitrogen and oxygen atoms in total. The summed E-state index contributed by atoms with van der Waals surface area (Å²) in [4.78, 5) is 12.2. The van der Waals surface area contributed by atoms with Gasteiger partial charge in [-0.3, -0.25) is 4.79 Å². The summed E-state index contributed by atoms with van der Waals surface area (Å²) >= 11 is 0. The Morgan fingerprint density at radius 1 is 1.17 bits per heavy atom. The molecule has 1 amide bonds. The van der Waals surface area contributed by atoms with Crippen LogP contribution in [0.4, 0.5) is 8.78 Å². The lowest BCUT2D eigenvalue weighted by Gasteiger charge is -2.20. The van der Waals surface area contributed by atoms with Crippen molar-refractivity contribution < 1.29 is 18.3 Å². The van der Waals surface area contributed by atoms with Crippen LogP contribution in [0.25, 0.3) is 0 Å². The largest absolute Gasteiger partial charge is 0.496 e. The summed E-state index contributed by atoms with van der Waals surface area (Å²) in [5, 5.41) is 2.97. The van der Waals surface area contributed by atoms with Crippen LogP contribution in [0.5, 0.6) is 5.75 Å². The average molecular weight is 333 g/mol. The minimum absolute atomic E-state index is 0.141. The van der Waals surface area contributed by atoms with Crippen molar-refractivity contribution in [2.45, 2.75) is 32.2 Å². The van der Waals surface area contributed by atoms with E-state index in [9.17, 15) is 13.6 Å². The van der Waals surface area contributed by atoms with E-state index in [-0.39, 0.29) is 18.4 Å². The quantitative estimate of drug-likeness (QED) is 0.826. The Kier molecular flexibility index (Phi) is 6.29. The van der Waals surface area contributed by atoms with E-state index in [1.54, 1.807) is 7.11 Å². The highest BCUT2D eigenvalue weighted by Gasteiger charge is 2.16. The number of hydrogen-bond acceptors (Lipinski definition) is 2. The Bertz CT molecular complexity index is 704. The van der Waals surface area contributed by atoms with Crippen molar-refractivity contribution in [1.29, 1.82) is 0 Å². The molecule has 1 unspecified atom stereocenters. The number of amides is 1. The molecule has 2 aromatic carbocycles. The number of rotatable bonds is 7. The van der Waals surface area contributed by atoms with Crippen molar-refractivity contribution in [3.8, 4) is 5.75 Å². The van der Waals surface area contributed by atoms with Gasteiger partial charge in [-0.05, 0) is 36.6 Å². The van der Waals surface area contributed by atoms with Gasteiger partial charge in [0.2, 0.25) is 5.91 Å². The van der Waals surface area contributed by atoms with Gasteiger partial charge in [0.25, 0.3) is 0 Å². The standard InChI is InChI=1S/C19H21F2NO2/c1-3-17(14-6-4-5-7-18(14)24-2)22-19(23)11-9-13-8-10-15(20)16(21)12-13/h4-8,10,12,17H,3,9,11H2,1-2H3,(H,22,23). The van der Waals surface area contributed by atoms with Crippen LogP contribution < -0.4 is 10.1 Å². The van der Waals surface area contributed by atoms with Gasteiger partial charge in [-0.2, -0.15) is 0 Å². The molecule has 24 heavy (non-hydrogen) atoms. The number of para-hydroxylation sites is 1. The van der Waals surface area contributed by atoms with Crippen molar-refractivity contribution in [1.82, 2.24) is 5.32 Å². The molecule has 0 saturated carbocycles. The third-order valence-corrected chi connectivity index (χ3v) is 3.88. The summed E-state index contributed by atoms with van der Waals surface area (Å²) in [6, 6.07) is 11.1. The Balaban J connectivity index is 1.98. The predicted octanol–water partition coefficient (Wildman–Crippen LogP) is 4.17. The van der Waals surface area contributed by atoms with Crippen molar-refractivity contribution in [2.75, 3.05) is 7.11 Å². The summed E-state index contributed by atoms with van der Waals surface area (Å²) in [7, 11) is 1.59. The van der Waals surface area contributed by atoms with Crippen LogP contribution in [-0.2, 0) is 11.2 Å². The lowest BCUT2D eigenvalue weighted by molar-refractivity contribution is -0.121. The Labute approximate surface area is 140 Å². The van der Waals surface area contributed by atoms with Gasteiger partial charge in [0.05, 0.1) is 13.2 Å². The van der Waals surface area contributed by atoms with Gasteiger partial charge >= 0.3 is 0 Å². The smallest absolute Gasteiger partial charge is 0.220 e. The minimum Gasteiger partial charge on any atom is -0.496 e. The van der Waals surface area contributed by atoms with Gasteiger partial charge in [0.1, 0.15) is 5.75 Å². The number of benzene rings is 2. The molecule has 0 aliphatic heterocycles. The zero-order chi connectivity index (χ0) is 17.5. The topological polar surface area (TPSA) is 38.3 Å². The van der Waals surface area contributed by atoms with E-state index in [0.717, 1.165) is 29.9 Å². The second kappa shape index (κ2) is 8.43. The summed E-state index contributed by atoms with van der Waals surface area (Å²) in [6.07, 6.45) is 1.28. The normalized spacial score (nSPS) is 11.8. The molecule has 5 heteroatoms. The highest BCUT2D eigenvalue weighted by molar-refractivity contribution is 5.76. The molecule has 0 aromatic heterocycles. The number of hydrogen-bond donors (Lipinski definition) is 1. The molecule has 0 aliphatic carbocycles. The van der Waals surface area contributed by atoms with E-state index in [0.29, 0.717) is 12.0 Å². The maximum atomic E-state index is 13.2. The van der Waals surface area contributed by atoms with Gasteiger partial charge in [-0.1, -0.05) is 31.2 Å². The van der Waals surface area contributed by atoms with Crippen LogP contribution in [-0.4, -0.2) is 13.0 Å². The molecule has 2 rings (SSSR count). The molecule has 0 bridgehead atoms. The first-order chi connectivity index (χ1) is 11.5. The third kappa shape index (κ3) is 4.54. The van der Waals surface area contributed by atoms with Gasteiger partial charge < -0.3 is 10.1 Å². The van der Waals surface area contributed by atoms with Crippen molar-refractivity contribution in [2.24, 2.45) is 0 Å². The lowest BCUT2D eigenvalue weighted by atomic mass is 10.0. The summed E-state index contributed by atoms with van der Waals surface area (Å²) in [6.45, 7) is 1.98. The Morgan fingerprint density at radius 2 is 1.92 bits per heavy atom. The number of carbonyl (C=O) groups is 1. The minimum atomic E-state index is -0.895. The van der Waals surface area contributed by atoms with Crippen LogP contribution in [0.1, 0.15) is 36.9 Å². The second-order valence-electron chi connectivity index (χ2n) is 5.52. The molecule has 0 aliphatic rings. The molecule has 2 aromatic rings. The predicted molar refractivity (Wildman–Crippen MR) is 88.8 cm³/mol. The third-order valence-electron chi connectivity index (χ3n) is 3.88. The molecule has 128 valence electrons. The molecule has 1 N–H and O–H groups in total. The van der Waals surface area contributed by atoms with Crippen LogP contribution in [0.15, 0.2) is 42.5 Å². The summed E-state index contributed by atoms with van der Waals surface area (Å²) < 4.78 is 31.4. The van der Waals surface area contributed by atoms with E-state index in [1.165, 1.54) is 6.07 Å². The van der Waals surface area contributed by atoms with Crippen molar-refractivity contribution in [3.63, 3.8) is 0 Å². The first-order valence-electron chi connectivity index (χ1n) is 7.91. The van der Waals surface area contributed by atoms with Gasteiger partial charge in [-0.25, -0.2) is 8.78 Å². The fraction of sp³-hybridized carbons (Fsp3) is 0.316. The molecule has 0 spiro atoms. The van der Waals surface area contributed by atoms with Crippen LogP contribution in [0.2, 0.25) is 0 Å². The zero-order valence-corrected chi connectivity index (χ0v) is 13.8. The maximum Gasteiger partial charge on any atom is 0.220 e. The van der Waals surface area contributed by atoms with Crippen LogP contribution in [0, 0.1) is 11.6 Å². The fourth-order valence-corrected chi connectivity index (χ4v) is 2.57. The summed E-state index contributed by atoms with van der Waals surface area (Å²) in [5.74, 6) is -1.19. The Morgan fingerprint density at radius 3 is 2.58 bits per heavy atom. The van der Waals surface area contributed by atoms with E-state index >= 15 is 0 Å². The molecular formula is C19H21F2NO2. The van der Waals surface area contributed by atoms with Gasteiger partial charge in [0, 0.05) is 12.0 Å². The summed E-state index contributed by atoms with van der Waals surface area (Å²) in [5.41, 5.74) is 1.51. The molecular weight excluding hydrogens is 312 g/mol.